The molecular weight excluding hydrogens is 278 g/mol. The lowest BCUT2D eigenvalue weighted by atomic mass is 9.73. The average Bonchev–Trinajstić information content (AvgIpc) is 2.96. The number of benzene rings is 1. The van der Waals surface area contributed by atoms with E-state index in [2.05, 4.69) is 77.6 Å². The Morgan fingerprint density at radius 1 is 1.00 bits per heavy atom. The molecular formula is C22H35N. The van der Waals surface area contributed by atoms with Crippen LogP contribution in [0.5, 0.6) is 0 Å². The largest absolute Gasteiger partial charge is 0.295 e. The topological polar surface area (TPSA) is 3.24 Å². The molecule has 1 aromatic rings. The van der Waals surface area contributed by atoms with Crippen molar-refractivity contribution < 1.29 is 0 Å². The molecule has 0 radical (unpaired) electrons. The molecule has 1 aliphatic heterocycles. The first-order chi connectivity index (χ1) is 10.5. The SMILES string of the molecule is CC(C1CC2(Cc3ccccc3C2)CN1C(C)(C)C)C(C)(C)C. The van der Waals surface area contributed by atoms with Crippen molar-refractivity contribution in [2.45, 2.75) is 79.3 Å². The lowest BCUT2D eigenvalue weighted by molar-refractivity contribution is 0.0504. The first kappa shape index (κ1) is 17.0. The molecule has 1 heterocycles. The van der Waals surface area contributed by atoms with Crippen molar-refractivity contribution in [3.05, 3.63) is 35.4 Å². The molecule has 1 fully saturated rings. The summed E-state index contributed by atoms with van der Waals surface area (Å²) in [5.74, 6) is 0.713. The van der Waals surface area contributed by atoms with Crippen molar-refractivity contribution >= 4 is 0 Å². The molecule has 0 bridgehead atoms. The minimum Gasteiger partial charge on any atom is -0.295 e. The summed E-state index contributed by atoms with van der Waals surface area (Å²) >= 11 is 0. The number of rotatable bonds is 1. The van der Waals surface area contributed by atoms with Crippen molar-refractivity contribution in [3.63, 3.8) is 0 Å². The van der Waals surface area contributed by atoms with Gasteiger partial charge in [0.1, 0.15) is 0 Å². The molecule has 0 saturated carbocycles. The van der Waals surface area contributed by atoms with Crippen LogP contribution in [-0.4, -0.2) is 23.0 Å². The highest BCUT2D eigenvalue weighted by Crippen LogP contribution is 2.51. The van der Waals surface area contributed by atoms with E-state index in [9.17, 15) is 0 Å². The van der Waals surface area contributed by atoms with Gasteiger partial charge in [0.15, 0.2) is 0 Å². The second-order valence-corrected chi connectivity index (χ2v) is 10.3. The third kappa shape index (κ3) is 3.09. The van der Waals surface area contributed by atoms with Crippen LogP contribution in [0.1, 0.15) is 66.0 Å². The van der Waals surface area contributed by atoms with Crippen LogP contribution in [0.25, 0.3) is 0 Å². The van der Waals surface area contributed by atoms with Crippen LogP contribution >= 0.6 is 0 Å². The van der Waals surface area contributed by atoms with E-state index in [4.69, 9.17) is 0 Å². The maximum absolute atomic E-state index is 2.83. The highest BCUT2D eigenvalue weighted by atomic mass is 15.3. The minimum atomic E-state index is 0.252. The van der Waals surface area contributed by atoms with E-state index >= 15 is 0 Å². The van der Waals surface area contributed by atoms with Crippen molar-refractivity contribution in [3.8, 4) is 0 Å². The Hall–Kier alpha value is -0.820. The Balaban J connectivity index is 1.90. The molecule has 1 spiro atoms. The van der Waals surface area contributed by atoms with E-state index in [0.717, 1.165) is 0 Å². The Morgan fingerprint density at radius 3 is 1.96 bits per heavy atom. The zero-order valence-corrected chi connectivity index (χ0v) is 16.2. The monoisotopic (exact) mass is 313 g/mol. The molecule has 1 aliphatic carbocycles. The van der Waals surface area contributed by atoms with E-state index in [1.54, 1.807) is 11.1 Å². The lowest BCUT2D eigenvalue weighted by Crippen LogP contribution is -2.49. The average molecular weight is 314 g/mol. The van der Waals surface area contributed by atoms with Crippen LogP contribution in [-0.2, 0) is 12.8 Å². The number of nitrogens with zero attached hydrogens (tertiary/aromatic N) is 1. The van der Waals surface area contributed by atoms with Gasteiger partial charge in [0.05, 0.1) is 0 Å². The second kappa shape index (κ2) is 5.34. The van der Waals surface area contributed by atoms with Crippen LogP contribution in [0.15, 0.2) is 24.3 Å². The third-order valence-electron chi connectivity index (χ3n) is 6.60. The van der Waals surface area contributed by atoms with E-state index in [1.165, 1.54) is 25.8 Å². The van der Waals surface area contributed by atoms with E-state index < -0.39 is 0 Å². The highest BCUT2D eigenvalue weighted by Gasteiger charge is 2.52. The van der Waals surface area contributed by atoms with Gasteiger partial charge in [-0.25, -0.2) is 0 Å². The van der Waals surface area contributed by atoms with Crippen LogP contribution < -0.4 is 0 Å². The predicted octanol–water partition coefficient (Wildman–Crippen LogP) is 5.33. The maximum atomic E-state index is 2.83. The van der Waals surface area contributed by atoms with Gasteiger partial charge in [-0.3, -0.25) is 4.90 Å². The van der Waals surface area contributed by atoms with Gasteiger partial charge in [0.2, 0.25) is 0 Å². The summed E-state index contributed by atoms with van der Waals surface area (Å²) < 4.78 is 0. The van der Waals surface area contributed by atoms with Gasteiger partial charge >= 0.3 is 0 Å². The van der Waals surface area contributed by atoms with Crippen molar-refractivity contribution in [2.75, 3.05) is 6.54 Å². The molecule has 1 heteroatoms. The molecule has 2 atom stereocenters. The van der Waals surface area contributed by atoms with Gasteiger partial charge in [-0.15, -0.1) is 0 Å². The van der Waals surface area contributed by atoms with Crippen molar-refractivity contribution in [1.82, 2.24) is 4.90 Å². The minimum absolute atomic E-state index is 0.252. The van der Waals surface area contributed by atoms with Gasteiger partial charge in [0, 0.05) is 18.1 Å². The Morgan fingerprint density at radius 2 is 1.52 bits per heavy atom. The van der Waals surface area contributed by atoms with Crippen LogP contribution in [0.4, 0.5) is 0 Å². The number of fused-ring (bicyclic) bond motifs is 1. The number of hydrogen-bond donors (Lipinski definition) is 0. The molecule has 1 nitrogen and oxygen atoms in total. The molecule has 128 valence electrons. The summed E-state index contributed by atoms with van der Waals surface area (Å²) in [5.41, 5.74) is 4.30. The maximum Gasteiger partial charge on any atom is 0.0137 e. The van der Waals surface area contributed by atoms with Crippen LogP contribution in [0.2, 0.25) is 0 Å². The second-order valence-electron chi connectivity index (χ2n) is 10.3. The molecule has 1 saturated heterocycles. The summed E-state index contributed by atoms with van der Waals surface area (Å²) in [6.45, 7) is 18.2. The standard InChI is InChI=1S/C22H35N/c1-16(20(2,3)4)19-14-22(15-23(19)21(5,6)7)12-17-10-8-9-11-18(17)13-22/h8-11,16,19H,12-15H2,1-7H3. The number of hydrogen-bond acceptors (Lipinski definition) is 1. The quantitative estimate of drug-likeness (QED) is 0.677. The smallest absolute Gasteiger partial charge is 0.0137 e. The summed E-state index contributed by atoms with van der Waals surface area (Å²) in [4.78, 5) is 2.83. The first-order valence-corrected chi connectivity index (χ1v) is 9.35. The normalized spacial score (nSPS) is 25.8. The van der Waals surface area contributed by atoms with E-state index in [1.807, 2.05) is 0 Å². The molecule has 0 amide bonds. The Labute approximate surface area is 143 Å². The third-order valence-corrected chi connectivity index (χ3v) is 6.60. The highest BCUT2D eigenvalue weighted by molar-refractivity contribution is 5.35. The zero-order chi connectivity index (χ0) is 17.0. The van der Waals surface area contributed by atoms with Gasteiger partial charge < -0.3 is 0 Å². The van der Waals surface area contributed by atoms with Gasteiger partial charge in [-0.05, 0) is 67.9 Å². The molecule has 1 aromatic carbocycles. The molecule has 0 aromatic heterocycles. The predicted molar refractivity (Wildman–Crippen MR) is 99.8 cm³/mol. The number of likely N-dealkylation sites (tertiary alicyclic amines) is 1. The van der Waals surface area contributed by atoms with E-state index in [0.29, 0.717) is 22.8 Å². The molecule has 0 N–H and O–H groups in total. The zero-order valence-electron chi connectivity index (χ0n) is 16.2. The molecule has 23 heavy (non-hydrogen) atoms. The summed E-state index contributed by atoms with van der Waals surface area (Å²) in [5, 5.41) is 0. The van der Waals surface area contributed by atoms with Gasteiger partial charge in [-0.1, -0.05) is 52.0 Å². The van der Waals surface area contributed by atoms with Crippen LogP contribution in [0.3, 0.4) is 0 Å². The lowest BCUT2D eigenvalue weighted by Gasteiger charge is -2.43. The van der Waals surface area contributed by atoms with Crippen LogP contribution in [0, 0.1) is 16.7 Å². The Kier molecular flexibility index (Phi) is 3.95. The molecule has 2 unspecified atom stereocenters. The Bertz CT molecular complexity index is 547. The molecule has 3 rings (SSSR count). The fourth-order valence-electron chi connectivity index (χ4n) is 4.88. The summed E-state index contributed by atoms with van der Waals surface area (Å²) in [7, 11) is 0. The fourth-order valence-corrected chi connectivity index (χ4v) is 4.88. The molecule has 2 aliphatic rings. The summed E-state index contributed by atoms with van der Waals surface area (Å²) in [6, 6.07) is 9.83. The first-order valence-electron chi connectivity index (χ1n) is 9.35. The summed E-state index contributed by atoms with van der Waals surface area (Å²) in [6.07, 6.45) is 3.92. The van der Waals surface area contributed by atoms with Gasteiger partial charge in [-0.2, -0.15) is 0 Å². The van der Waals surface area contributed by atoms with Crippen molar-refractivity contribution in [1.29, 1.82) is 0 Å². The van der Waals surface area contributed by atoms with Gasteiger partial charge in [0.25, 0.3) is 0 Å². The fraction of sp³-hybridized carbons (Fsp3) is 0.727. The van der Waals surface area contributed by atoms with E-state index in [-0.39, 0.29) is 5.54 Å². The van der Waals surface area contributed by atoms with Crippen molar-refractivity contribution in [2.24, 2.45) is 16.7 Å².